The number of fused-ring (bicyclic) bond motifs is 3. The predicted octanol–water partition coefficient (Wildman–Crippen LogP) is 15.7. The van der Waals surface area contributed by atoms with Gasteiger partial charge >= 0.3 is 17.1 Å². The largest absolute Gasteiger partial charge is 0.396 e. The van der Waals surface area contributed by atoms with Crippen molar-refractivity contribution in [3.8, 4) is 50.8 Å². The number of nitrogens with zero attached hydrogens (tertiary/aromatic N) is 19. The van der Waals surface area contributed by atoms with Crippen molar-refractivity contribution in [3.63, 3.8) is 0 Å². The van der Waals surface area contributed by atoms with Crippen molar-refractivity contribution in [1.29, 1.82) is 0 Å². The second-order valence-corrected chi connectivity index (χ2v) is 37.6. The molecule has 15 rings (SSSR count). The summed E-state index contributed by atoms with van der Waals surface area (Å²) in [4.78, 5) is 136. The Hall–Kier alpha value is -12.9. The van der Waals surface area contributed by atoms with Crippen molar-refractivity contribution >= 4 is 130 Å². The maximum atomic E-state index is 14.5. The highest BCUT2D eigenvalue weighted by Crippen LogP contribution is 2.44. The minimum Gasteiger partial charge on any atom is -0.396 e. The van der Waals surface area contributed by atoms with Gasteiger partial charge in [0.25, 0.3) is 0 Å². The van der Waals surface area contributed by atoms with E-state index >= 15 is 0 Å². The number of carbonyl (C=O) groups is 3. The molecule has 684 valence electrons. The molecule has 3 saturated heterocycles. The Bertz CT molecular complexity index is 6880. The SMILES string of the molecule is C=CC(=O)N1CC(C)N(c2nc(=O)n(-c3c(C)ccnc3C(C)C)c3nc(-c4cc(F)cc(F)c4N)c(Cl)cc23)CC1C.C=CC(=O)N1CC(C)N(c2nc(=O)n(-c3c(C)ccnc3C(C)C)c3nc(-c4ccccc4NC)c(Cl)cc23)CC1C.C=CC(=O)N1CC(C)N(c2nc(=O)n(-c3c(N(C)C)ccnc3C(C)C)c3nc(-c4ccccc4S(C)(=O)=O)c(Cl)cc23)CC1C. The third kappa shape index (κ3) is 18.6. The lowest BCUT2D eigenvalue weighted by Crippen LogP contribution is -2.58. The summed E-state index contributed by atoms with van der Waals surface area (Å²) in [5.41, 5.74) is 13.8. The molecule has 0 saturated carbocycles. The maximum Gasteiger partial charge on any atom is 0.355 e. The summed E-state index contributed by atoms with van der Waals surface area (Å²) in [6, 6.07) is 25.5. The van der Waals surface area contributed by atoms with Crippen LogP contribution in [-0.4, -0.2) is 202 Å². The molecule has 6 atom stereocenters. The number of aromatic nitrogens is 12. The summed E-state index contributed by atoms with van der Waals surface area (Å²) in [5, 5.41) is 5.48. The van der Waals surface area contributed by atoms with Gasteiger partial charge in [0.05, 0.1) is 98.7 Å². The number of sulfone groups is 1. The van der Waals surface area contributed by atoms with Gasteiger partial charge in [-0.25, -0.2) is 60.2 Å². The van der Waals surface area contributed by atoms with Gasteiger partial charge in [0.15, 0.2) is 26.8 Å². The molecule has 9 aromatic heterocycles. The fourth-order valence-electron chi connectivity index (χ4n) is 17.4. The van der Waals surface area contributed by atoms with Crippen molar-refractivity contribution in [1.82, 2.24) is 73.3 Å². The third-order valence-electron chi connectivity index (χ3n) is 23.9. The molecule has 3 aliphatic rings. The Balaban J connectivity index is 0.000000167. The van der Waals surface area contributed by atoms with Gasteiger partial charge in [0.2, 0.25) is 17.7 Å². The minimum absolute atomic E-state index is 0.00539. The number of piperazine rings is 3. The highest BCUT2D eigenvalue weighted by molar-refractivity contribution is 7.90. The monoisotopic (exact) mass is 1860 g/mol. The first-order valence-electron chi connectivity index (χ1n) is 42.9. The Morgan fingerprint density at radius 2 is 0.832 bits per heavy atom. The van der Waals surface area contributed by atoms with Crippen molar-refractivity contribution in [3.05, 3.63) is 240 Å². The molecule has 3 amide bonds. The van der Waals surface area contributed by atoms with E-state index in [9.17, 15) is 46.0 Å². The van der Waals surface area contributed by atoms with Gasteiger partial charge < -0.3 is 45.3 Å². The number of rotatable bonds is 18. The second-order valence-electron chi connectivity index (χ2n) is 34.4. The van der Waals surface area contributed by atoms with Crippen LogP contribution in [0.4, 0.5) is 43.3 Å². The Morgan fingerprint density at radius 3 is 1.20 bits per heavy atom. The highest BCUT2D eigenvalue weighted by atomic mass is 35.5. The first-order valence-corrected chi connectivity index (χ1v) is 46.0. The first-order chi connectivity index (χ1) is 62.0. The third-order valence-corrected chi connectivity index (χ3v) is 25.9. The number of benzene rings is 3. The molecule has 0 aliphatic carbocycles. The number of hydrogen-bond donors (Lipinski definition) is 2. The van der Waals surface area contributed by atoms with Gasteiger partial charge in [0, 0.05) is 150 Å². The minimum atomic E-state index is -3.65. The zero-order valence-electron chi connectivity index (χ0n) is 76.4. The predicted molar refractivity (Wildman–Crippen MR) is 518 cm³/mol. The average molecular weight is 1860 g/mol. The number of halogens is 5. The summed E-state index contributed by atoms with van der Waals surface area (Å²) >= 11 is 20.7. The lowest BCUT2D eigenvalue weighted by atomic mass is 10.0. The summed E-state index contributed by atoms with van der Waals surface area (Å²) in [5.74, 6) is -1.16. The topological polar surface area (TPSA) is 328 Å². The van der Waals surface area contributed by atoms with E-state index in [0.717, 1.165) is 46.1 Å². The van der Waals surface area contributed by atoms with E-state index in [2.05, 4.69) is 59.9 Å². The quantitative estimate of drug-likeness (QED) is 0.0595. The van der Waals surface area contributed by atoms with Crippen molar-refractivity contribution in [2.24, 2.45) is 0 Å². The van der Waals surface area contributed by atoms with Crippen LogP contribution in [0.1, 0.15) is 129 Å². The molecule has 0 radical (unpaired) electrons. The zero-order chi connectivity index (χ0) is 95.3. The number of nitrogens with two attached hydrogens (primary N) is 1. The van der Waals surface area contributed by atoms with Crippen LogP contribution in [0.3, 0.4) is 0 Å². The van der Waals surface area contributed by atoms with Gasteiger partial charge in [-0.3, -0.25) is 29.3 Å². The van der Waals surface area contributed by atoms with Crippen molar-refractivity contribution in [2.45, 2.75) is 156 Å². The summed E-state index contributed by atoms with van der Waals surface area (Å²) in [7, 11) is 1.95. The molecule has 6 unspecified atom stereocenters. The van der Waals surface area contributed by atoms with Crippen LogP contribution in [-0.2, 0) is 24.2 Å². The van der Waals surface area contributed by atoms with E-state index < -0.39 is 38.5 Å². The molecule has 3 aliphatic heterocycles. The molecule has 12 aromatic rings. The number of nitrogens with one attached hydrogen (secondary N) is 1. The fourth-order valence-corrected chi connectivity index (χ4v) is 19.0. The van der Waals surface area contributed by atoms with Crippen LogP contribution in [0, 0.1) is 25.5 Å². The van der Waals surface area contributed by atoms with Crippen molar-refractivity contribution < 1.29 is 31.6 Å². The average Bonchev–Trinajstić information content (AvgIpc) is 0.741. The Labute approximate surface area is 773 Å². The van der Waals surface area contributed by atoms with Crippen LogP contribution in [0.25, 0.3) is 83.9 Å². The van der Waals surface area contributed by atoms with E-state index in [0.29, 0.717) is 129 Å². The van der Waals surface area contributed by atoms with Crippen LogP contribution < -0.4 is 47.7 Å². The molecule has 12 heterocycles. The van der Waals surface area contributed by atoms with Gasteiger partial charge in [-0.15, -0.1) is 0 Å². The van der Waals surface area contributed by atoms with Crippen LogP contribution in [0.2, 0.25) is 15.1 Å². The highest BCUT2D eigenvalue weighted by Gasteiger charge is 2.40. The maximum absolute atomic E-state index is 14.5. The first kappa shape index (κ1) is 95.7. The molecule has 29 nitrogen and oxygen atoms in total. The number of amides is 3. The molecule has 0 bridgehead atoms. The van der Waals surface area contributed by atoms with Gasteiger partial charge in [-0.2, -0.15) is 15.0 Å². The molecular weight excluding hydrogens is 1750 g/mol. The second kappa shape index (κ2) is 38.6. The molecule has 0 spiro atoms. The van der Waals surface area contributed by atoms with E-state index in [1.165, 1.54) is 33.4 Å². The number of nitrogen functional groups attached to an aromatic ring is 1. The fraction of sp³-hybridized carbons (Fsp3) is 0.344. The van der Waals surface area contributed by atoms with E-state index in [4.69, 9.17) is 55.5 Å². The molecule has 3 fully saturated rings. The zero-order valence-corrected chi connectivity index (χ0v) is 79.5. The van der Waals surface area contributed by atoms with E-state index in [1.807, 2.05) is 175 Å². The number of pyridine rings is 6. The standard InChI is InChI=1S/C33H38ClN7O4S.C32H36ClN7O2.C31H32ClF2N7O2/c1-9-27(42)39-17-21(5)40(18-20(39)4)31-23-16-24(34)29(22-12-10-11-13-26(22)46(8,44)45)36-32(23)41(33(43)37-31)30-25(38(6)7)14-15-35-28(30)19(2)3;1-8-26(41)38-16-21(6)39(17-20(38)5)30-23-15-24(33)28(22-11-9-10-12-25(22)34-7)36-31(23)40(32(42)37-30)29-19(4)13-14-35-27(29)18(2)3;1-7-24(42)39-13-18(6)40(14-17(39)5)29-21-12-22(32)27(20-10-19(33)11-23(34)25(20)35)37-30(21)41(31(43)38-29)28-16(4)8-9-36-26(28)15(2)3/h9-16,19-21H,1,17-18H2,2-8H3;8-15,18,20-21,34H,1,16-17H2,2-7H3;7-12,15,17-18H,1,13-14,35H2,2-6H3. The normalized spacial score (nSPS) is 17.1. The molecule has 131 heavy (non-hydrogen) atoms. The molecule has 35 heteroatoms. The number of hydrogen-bond acceptors (Lipinski definition) is 23. The van der Waals surface area contributed by atoms with E-state index in [1.54, 1.807) is 74.3 Å². The molecule has 3 N–H and O–H groups in total. The van der Waals surface area contributed by atoms with E-state index in [-0.39, 0.29) is 121 Å². The van der Waals surface area contributed by atoms with Crippen LogP contribution >= 0.6 is 34.8 Å². The molecule has 3 aromatic carbocycles. The number of aryl methyl sites for hydroxylation is 2. The molecular formula is C96H106Cl3F2N21O8S. The lowest BCUT2D eigenvalue weighted by molar-refractivity contribution is -0.129. The van der Waals surface area contributed by atoms with Crippen LogP contribution in [0.15, 0.2) is 173 Å². The Kier molecular flexibility index (Phi) is 28.2. The number of anilines is 6. The van der Waals surface area contributed by atoms with Gasteiger partial charge in [-0.05, 0) is 157 Å². The van der Waals surface area contributed by atoms with Crippen molar-refractivity contribution in [2.75, 3.05) is 97.3 Å². The smallest absolute Gasteiger partial charge is 0.355 e. The Morgan fingerprint density at radius 1 is 0.489 bits per heavy atom. The number of para-hydroxylation sites is 1. The number of carbonyl (C=O) groups excluding carboxylic acids is 3. The lowest BCUT2D eigenvalue weighted by Gasteiger charge is -2.44. The summed E-state index contributed by atoms with van der Waals surface area (Å²) in [6.45, 7) is 40.9. The van der Waals surface area contributed by atoms with Gasteiger partial charge in [0.1, 0.15) is 29.1 Å². The summed E-state index contributed by atoms with van der Waals surface area (Å²) < 4.78 is 58.9. The summed E-state index contributed by atoms with van der Waals surface area (Å²) in [6.07, 6.45) is 10.2. The van der Waals surface area contributed by atoms with Crippen LogP contribution in [0.5, 0.6) is 0 Å². The van der Waals surface area contributed by atoms with Gasteiger partial charge in [-0.1, -0.05) is 132 Å².